The molecule has 0 radical (unpaired) electrons. The Morgan fingerprint density at radius 1 is 0.826 bits per heavy atom. The smallest absolute Gasteiger partial charge is 0.142 e. The molecule has 250 valence electrons. The molecule has 2 atom stereocenters. The molecule has 46 heavy (non-hydrogen) atoms. The minimum atomic E-state index is 0.0749. The van der Waals surface area contributed by atoms with E-state index < -0.39 is 0 Å². The van der Waals surface area contributed by atoms with Crippen LogP contribution in [-0.2, 0) is 32.2 Å². The van der Waals surface area contributed by atoms with E-state index in [4.69, 9.17) is 33.2 Å². The molecule has 5 rings (SSSR count). The van der Waals surface area contributed by atoms with E-state index in [0.717, 1.165) is 92.7 Å². The third-order valence-electron chi connectivity index (χ3n) is 8.48. The second kappa shape index (κ2) is 18.7. The van der Waals surface area contributed by atoms with Gasteiger partial charge in [-0.05, 0) is 54.4 Å². The summed E-state index contributed by atoms with van der Waals surface area (Å²) < 4.78 is 40.8. The van der Waals surface area contributed by atoms with Crippen LogP contribution in [0, 0.1) is 0 Å². The van der Waals surface area contributed by atoms with Crippen LogP contribution in [0.15, 0.2) is 66.7 Å². The average molecular weight is 635 g/mol. The monoisotopic (exact) mass is 634 g/mol. The maximum atomic E-state index is 6.57. The lowest BCUT2D eigenvalue weighted by atomic mass is 9.87. The van der Waals surface area contributed by atoms with E-state index in [1.165, 1.54) is 5.56 Å². The van der Waals surface area contributed by atoms with Crippen LogP contribution in [0.4, 0.5) is 5.69 Å². The lowest BCUT2D eigenvalue weighted by Gasteiger charge is -2.33. The second-order valence-corrected chi connectivity index (χ2v) is 11.7. The van der Waals surface area contributed by atoms with Gasteiger partial charge in [-0.1, -0.05) is 36.4 Å². The number of para-hydroxylation sites is 1. The number of nitrogens with one attached hydrogen (secondary N) is 1. The Morgan fingerprint density at radius 2 is 1.63 bits per heavy atom. The lowest BCUT2D eigenvalue weighted by molar-refractivity contribution is 0.0105. The molecule has 2 fully saturated rings. The first-order valence-corrected chi connectivity index (χ1v) is 16.6. The third-order valence-corrected chi connectivity index (χ3v) is 8.48. The van der Waals surface area contributed by atoms with Gasteiger partial charge in [-0.3, -0.25) is 0 Å². The highest BCUT2D eigenvalue weighted by atomic mass is 16.5. The number of methoxy groups -OCH3 is 2. The van der Waals surface area contributed by atoms with Crippen LogP contribution in [0.2, 0.25) is 0 Å². The lowest BCUT2D eigenvalue weighted by Crippen LogP contribution is -2.41. The summed E-state index contributed by atoms with van der Waals surface area (Å²) in [7, 11) is 3.40. The molecule has 0 aromatic heterocycles. The van der Waals surface area contributed by atoms with Gasteiger partial charge in [0.05, 0.1) is 65.1 Å². The van der Waals surface area contributed by atoms with E-state index >= 15 is 0 Å². The van der Waals surface area contributed by atoms with E-state index in [-0.39, 0.29) is 6.10 Å². The molecule has 0 saturated carbocycles. The second-order valence-electron chi connectivity index (χ2n) is 11.7. The maximum Gasteiger partial charge on any atom is 0.142 e. The molecule has 9 heteroatoms. The number of piperidine rings is 1. The summed E-state index contributed by atoms with van der Waals surface area (Å²) in [4.78, 5) is 2.34. The minimum Gasteiger partial charge on any atom is -0.496 e. The molecule has 2 aliphatic heterocycles. The summed E-state index contributed by atoms with van der Waals surface area (Å²) in [5, 5.41) is 3.52. The van der Waals surface area contributed by atoms with Crippen LogP contribution >= 0.6 is 0 Å². The van der Waals surface area contributed by atoms with Gasteiger partial charge in [0.1, 0.15) is 17.2 Å². The summed E-state index contributed by atoms with van der Waals surface area (Å²) >= 11 is 0. The molecule has 0 spiro atoms. The van der Waals surface area contributed by atoms with Gasteiger partial charge in [0.15, 0.2) is 0 Å². The van der Waals surface area contributed by atoms with Crippen molar-refractivity contribution in [3.05, 3.63) is 83.4 Å². The van der Waals surface area contributed by atoms with Gasteiger partial charge < -0.3 is 43.4 Å². The maximum absolute atomic E-state index is 6.57. The first-order chi connectivity index (χ1) is 22.7. The molecule has 2 saturated heterocycles. The molecule has 0 amide bonds. The molecule has 3 aromatic carbocycles. The number of hydrogen-bond acceptors (Lipinski definition) is 9. The Morgan fingerprint density at radius 3 is 2.46 bits per heavy atom. The Hall–Kier alpha value is -3.34. The van der Waals surface area contributed by atoms with Crippen molar-refractivity contribution in [1.29, 1.82) is 0 Å². The van der Waals surface area contributed by atoms with Crippen molar-refractivity contribution < 1.29 is 33.2 Å². The van der Waals surface area contributed by atoms with Gasteiger partial charge in [-0.2, -0.15) is 0 Å². The summed E-state index contributed by atoms with van der Waals surface area (Å²) in [6, 6.07) is 22.9. The number of rotatable bonds is 18. The quantitative estimate of drug-likeness (QED) is 0.180. The molecule has 3 aromatic rings. The molecule has 0 aliphatic carbocycles. The highest BCUT2D eigenvalue weighted by molar-refractivity contribution is 5.60. The number of morpholine rings is 1. The van der Waals surface area contributed by atoms with Gasteiger partial charge in [0, 0.05) is 57.7 Å². The van der Waals surface area contributed by atoms with Gasteiger partial charge in [0.25, 0.3) is 0 Å². The number of hydrogen-bond donors (Lipinski definition) is 1. The van der Waals surface area contributed by atoms with Crippen LogP contribution in [0.25, 0.3) is 0 Å². The molecule has 2 heterocycles. The van der Waals surface area contributed by atoms with E-state index in [1.54, 1.807) is 14.2 Å². The van der Waals surface area contributed by atoms with Crippen LogP contribution in [0.3, 0.4) is 0 Å². The van der Waals surface area contributed by atoms with Crippen molar-refractivity contribution in [2.75, 3.05) is 84.9 Å². The molecular weight excluding hydrogens is 584 g/mol. The first-order valence-electron chi connectivity index (χ1n) is 16.6. The van der Waals surface area contributed by atoms with E-state index in [1.807, 2.05) is 24.3 Å². The summed E-state index contributed by atoms with van der Waals surface area (Å²) in [5.74, 6) is 2.94. The fraction of sp³-hybridized carbons (Fsp3) is 0.514. The van der Waals surface area contributed by atoms with Crippen LogP contribution < -0.4 is 24.4 Å². The SMILES string of the molecule is COCCCOc1cc(COC2CNCCC2c2ccc(OCCCOCc3ccccc3OC)cc2)ccc1N1CCOCC1. The molecule has 0 bridgehead atoms. The fourth-order valence-electron chi connectivity index (χ4n) is 5.97. The van der Waals surface area contributed by atoms with Crippen molar-refractivity contribution in [2.45, 2.75) is 44.5 Å². The summed E-state index contributed by atoms with van der Waals surface area (Å²) in [5.41, 5.74) is 4.56. The van der Waals surface area contributed by atoms with Crippen molar-refractivity contribution in [3.8, 4) is 17.2 Å². The van der Waals surface area contributed by atoms with E-state index in [2.05, 4.69) is 52.7 Å². The normalized spacial score (nSPS) is 18.3. The van der Waals surface area contributed by atoms with Crippen LogP contribution in [0.1, 0.15) is 41.9 Å². The predicted molar refractivity (Wildman–Crippen MR) is 179 cm³/mol. The Bertz CT molecular complexity index is 1300. The largest absolute Gasteiger partial charge is 0.496 e. The minimum absolute atomic E-state index is 0.0749. The molecule has 2 aliphatic rings. The fourth-order valence-corrected chi connectivity index (χ4v) is 5.97. The van der Waals surface area contributed by atoms with Crippen molar-refractivity contribution in [2.24, 2.45) is 0 Å². The van der Waals surface area contributed by atoms with Crippen molar-refractivity contribution in [1.82, 2.24) is 5.32 Å². The Labute approximate surface area is 274 Å². The van der Waals surface area contributed by atoms with Crippen LogP contribution in [0.5, 0.6) is 17.2 Å². The Balaban J connectivity index is 1.10. The summed E-state index contributed by atoms with van der Waals surface area (Å²) in [6.45, 7) is 8.58. The van der Waals surface area contributed by atoms with E-state index in [0.29, 0.717) is 45.6 Å². The zero-order chi connectivity index (χ0) is 31.8. The first kappa shape index (κ1) is 34.0. The molecule has 2 unspecified atom stereocenters. The standard InChI is InChI=1S/C37H50N2O7/c1-40-19-5-22-45-36-25-29(9-14-34(36)39-17-23-42-24-18-39)27-46-37-26-38-16-15-33(37)30-10-12-32(13-11-30)44-21-6-20-43-28-31-7-3-4-8-35(31)41-2/h3-4,7-14,25,33,37-38H,5-6,15-24,26-28H2,1-2H3. The Kier molecular flexibility index (Phi) is 13.8. The molecule has 9 nitrogen and oxygen atoms in total. The molecular formula is C37H50N2O7. The average Bonchev–Trinajstić information content (AvgIpc) is 3.11. The third kappa shape index (κ3) is 10.1. The highest BCUT2D eigenvalue weighted by Crippen LogP contribution is 2.33. The highest BCUT2D eigenvalue weighted by Gasteiger charge is 2.27. The van der Waals surface area contributed by atoms with Gasteiger partial charge in [-0.25, -0.2) is 0 Å². The van der Waals surface area contributed by atoms with Gasteiger partial charge in [0.2, 0.25) is 0 Å². The number of benzene rings is 3. The topological polar surface area (TPSA) is 79.9 Å². The van der Waals surface area contributed by atoms with Crippen LogP contribution in [-0.4, -0.2) is 86.1 Å². The van der Waals surface area contributed by atoms with E-state index in [9.17, 15) is 0 Å². The number of ether oxygens (including phenoxy) is 7. The van der Waals surface area contributed by atoms with Gasteiger partial charge in [-0.15, -0.1) is 0 Å². The zero-order valence-electron chi connectivity index (χ0n) is 27.4. The van der Waals surface area contributed by atoms with Gasteiger partial charge >= 0.3 is 0 Å². The predicted octanol–water partition coefficient (Wildman–Crippen LogP) is 5.60. The zero-order valence-corrected chi connectivity index (χ0v) is 27.4. The molecule has 1 N–H and O–H groups in total. The number of anilines is 1. The summed E-state index contributed by atoms with van der Waals surface area (Å²) in [6.07, 6.45) is 2.76. The van der Waals surface area contributed by atoms with Crippen molar-refractivity contribution >= 4 is 5.69 Å². The van der Waals surface area contributed by atoms with Crippen molar-refractivity contribution in [3.63, 3.8) is 0 Å². The number of nitrogens with zero attached hydrogens (tertiary/aromatic N) is 1.